The molecule has 0 saturated heterocycles. The van der Waals surface area contributed by atoms with Gasteiger partial charge in [0.1, 0.15) is 0 Å². The van der Waals surface area contributed by atoms with Crippen molar-refractivity contribution in [3.63, 3.8) is 0 Å². The zero-order chi connectivity index (χ0) is 15.4. The fourth-order valence-electron chi connectivity index (χ4n) is 2.39. The highest BCUT2D eigenvalue weighted by atomic mass is 35.5. The molecule has 0 aliphatic carbocycles. The van der Waals surface area contributed by atoms with Crippen LogP contribution in [0.1, 0.15) is 42.5 Å². The Kier molecular flexibility index (Phi) is 5.69. The molecule has 0 fully saturated rings. The number of halogens is 2. The molecule has 1 nitrogen and oxygen atoms in total. The van der Waals surface area contributed by atoms with Gasteiger partial charge >= 0.3 is 0 Å². The van der Waals surface area contributed by atoms with Gasteiger partial charge in [-0.1, -0.05) is 67.4 Å². The van der Waals surface area contributed by atoms with E-state index in [0.717, 1.165) is 12.0 Å². The van der Waals surface area contributed by atoms with Crippen molar-refractivity contribution in [2.24, 2.45) is 0 Å². The number of hydrogen-bond acceptors (Lipinski definition) is 1. The average molecular weight is 322 g/mol. The van der Waals surface area contributed by atoms with E-state index in [4.69, 9.17) is 23.2 Å². The maximum absolute atomic E-state index is 6.11. The molecule has 1 N–H and O–H groups in total. The van der Waals surface area contributed by atoms with Crippen LogP contribution in [-0.2, 0) is 6.42 Å². The van der Waals surface area contributed by atoms with Crippen molar-refractivity contribution in [3.8, 4) is 0 Å². The number of likely N-dealkylation sites (N-methyl/N-ethyl adjacent to an activating group) is 1. The zero-order valence-corrected chi connectivity index (χ0v) is 14.2. The molecule has 0 spiro atoms. The molecule has 0 saturated carbocycles. The van der Waals surface area contributed by atoms with Crippen LogP contribution >= 0.6 is 23.2 Å². The third-order valence-electron chi connectivity index (χ3n) is 3.78. The first-order valence-corrected chi connectivity index (χ1v) is 7.98. The summed E-state index contributed by atoms with van der Waals surface area (Å²) in [5.74, 6) is 0.564. The van der Waals surface area contributed by atoms with E-state index in [1.807, 2.05) is 25.2 Å². The van der Waals surface area contributed by atoms with Crippen LogP contribution in [0, 0.1) is 0 Å². The van der Waals surface area contributed by atoms with E-state index in [1.54, 1.807) is 0 Å². The van der Waals surface area contributed by atoms with Crippen LogP contribution in [0.5, 0.6) is 0 Å². The summed E-state index contributed by atoms with van der Waals surface area (Å²) in [4.78, 5) is 0. The molecule has 0 aromatic heterocycles. The van der Waals surface area contributed by atoms with E-state index in [0.29, 0.717) is 16.0 Å². The molecular weight excluding hydrogens is 301 g/mol. The van der Waals surface area contributed by atoms with Gasteiger partial charge in [0.25, 0.3) is 0 Å². The van der Waals surface area contributed by atoms with E-state index in [9.17, 15) is 0 Å². The topological polar surface area (TPSA) is 12.0 Å². The lowest BCUT2D eigenvalue weighted by atomic mass is 9.96. The maximum Gasteiger partial charge on any atom is 0.0595 e. The van der Waals surface area contributed by atoms with Crippen molar-refractivity contribution in [1.82, 2.24) is 5.32 Å². The van der Waals surface area contributed by atoms with Gasteiger partial charge in [0.2, 0.25) is 0 Å². The number of nitrogens with one attached hydrogen (secondary N) is 1. The van der Waals surface area contributed by atoms with Crippen LogP contribution in [0.2, 0.25) is 10.0 Å². The van der Waals surface area contributed by atoms with Crippen LogP contribution in [0.25, 0.3) is 0 Å². The minimum Gasteiger partial charge on any atom is -0.313 e. The van der Waals surface area contributed by atoms with E-state index in [-0.39, 0.29) is 6.04 Å². The second-order valence-electron chi connectivity index (χ2n) is 5.62. The fraction of sp³-hybridized carbons (Fsp3) is 0.333. The van der Waals surface area contributed by atoms with Crippen molar-refractivity contribution in [2.45, 2.75) is 32.2 Å². The van der Waals surface area contributed by atoms with Crippen molar-refractivity contribution in [3.05, 3.63) is 69.2 Å². The SMILES string of the molecule is CNC(Cc1ccc(C(C)C)cc1)c1ccc(Cl)c(Cl)c1. The van der Waals surface area contributed by atoms with Gasteiger partial charge in [0.15, 0.2) is 0 Å². The maximum atomic E-state index is 6.11. The Morgan fingerprint density at radius 3 is 2.05 bits per heavy atom. The standard InChI is InChI=1S/C18H21Cl2N/c1-12(2)14-6-4-13(5-7-14)10-18(21-3)15-8-9-16(19)17(20)11-15/h4-9,11-12,18,21H,10H2,1-3H3. The number of hydrogen-bond donors (Lipinski definition) is 1. The molecule has 3 heteroatoms. The predicted octanol–water partition coefficient (Wildman–Crippen LogP) is 5.62. The highest BCUT2D eigenvalue weighted by Crippen LogP contribution is 2.27. The Morgan fingerprint density at radius 2 is 1.52 bits per heavy atom. The van der Waals surface area contributed by atoms with Gasteiger partial charge in [0, 0.05) is 6.04 Å². The molecule has 112 valence electrons. The smallest absolute Gasteiger partial charge is 0.0595 e. The summed E-state index contributed by atoms with van der Waals surface area (Å²) < 4.78 is 0. The van der Waals surface area contributed by atoms with Crippen LogP contribution in [0.15, 0.2) is 42.5 Å². The molecular formula is C18H21Cl2N. The highest BCUT2D eigenvalue weighted by molar-refractivity contribution is 6.42. The first-order valence-electron chi connectivity index (χ1n) is 7.22. The van der Waals surface area contributed by atoms with Gasteiger partial charge in [-0.15, -0.1) is 0 Å². The van der Waals surface area contributed by atoms with Crippen molar-refractivity contribution in [1.29, 1.82) is 0 Å². The molecule has 0 aliphatic rings. The molecule has 1 atom stereocenters. The molecule has 0 aliphatic heterocycles. The minimum atomic E-state index is 0.227. The number of rotatable bonds is 5. The summed E-state index contributed by atoms with van der Waals surface area (Å²) in [6, 6.07) is 14.9. The summed E-state index contributed by atoms with van der Waals surface area (Å²) in [6.07, 6.45) is 0.923. The lowest BCUT2D eigenvalue weighted by Gasteiger charge is -2.18. The van der Waals surface area contributed by atoms with E-state index in [1.165, 1.54) is 11.1 Å². The van der Waals surface area contributed by atoms with Crippen LogP contribution in [-0.4, -0.2) is 7.05 Å². The van der Waals surface area contributed by atoms with Gasteiger partial charge in [-0.05, 0) is 48.2 Å². The van der Waals surface area contributed by atoms with Crippen LogP contribution in [0.3, 0.4) is 0 Å². The molecule has 0 bridgehead atoms. The quantitative estimate of drug-likeness (QED) is 0.753. The first kappa shape index (κ1) is 16.4. The van der Waals surface area contributed by atoms with Gasteiger partial charge in [-0.25, -0.2) is 0 Å². The highest BCUT2D eigenvalue weighted by Gasteiger charge is 2.12. The third kappa shape index (κ3) is 4.23. The first-order chi connectivity index (χ1) is 10.0. The summed E-state index contributed by atoms with van der Waals surface area (Å²) in [5, 5.41) is 4.54. The lowest BCUT2D eigenvalue weighted by molar-refractivity contribution is 0.592. The third-order valence-corrected chi connectivity index (χ3v) is 4.52. The summed E-state index contributed by atoms with van der Waals surface area (Å²) in [7, 11) is 1.97. The van der Waals surface area contributed by atoms with Crippen molar-refractivity contribution < 1.29 is 0 Å². The predicted molar refractivity (Wildman–Crippen MR) is 92.5 cm³/mol. The van der Waals surface area contributed by atoms with Gasteiger partial charge in [-0.3, -0.25) is 0 Å². The normalized spacial score (nSPS) is 12.7. The molecule has 2 rings (SSSR count). The zero-order valence-electron chi connectivity index (χ0n) is 12.7. The largest absolute Gasteiger partial charge is 0.313 e. The molecule has 2 aromatic rings. The summed E-state index contributed by atoms with van der Waals surface area (Å²) in [5.41, 5.74) is 3.83. The van der Waals surface area contributed by atoms with Crippen LogP contribution in [0.4, 0.5) is 0 Å². The van der Waals surface area contributed by atoms with Crippen molar-refractivity contribution in [2.75, 3.05) is 7.05 Å². The van der Waals surface area contributed by atoms with E-state index in [2.05, 4.69) is 43.4 Å². The minimum absolute atomic E-state index is 0.227. The lowest BCUT2D eigenvalue weighted by Crippen LogP contribution is -2.18. The Balaban J connectivity index is 2.16. The summed E-state index contributed by atoms with van der Waals surface area (Å²) >= 11 is 12.1. The molecule has 2 aromatic carbocycles. The Hall–Kier alpha value is -1.02. The van der Waals surface area contributed by atoms with Gasteiger partial charge < -0.3 is 5.32 Å². The van der Waals surface area contributed by atoms with Gasteiger partial charge in [0.05, 0.1) is 10.0 Å². The molecule has 0 amide bonds. The monoisotopic (exact) mass is 321 g/mol. The molecule has 21 heavy (non-hydrogen) atoms. The van der Waals surface area contributed by atoms with E-state index >= 15 is 0 Å². The van der Waals surface area contributed by atoms with Crippen LogP contribution < -0.4 is 5.32 Å². The fourth-order valence-corrected chi connectivity index (χ4v) is 2.70. The Bertz CT molecular complexity index is 591. The second-order valence-corrected chi connectivity index (χ2v) is 6.43. The summed E-state index contributed by atoms with van der Waals surface area (Å²) in [6.45, 7) is 4.42. The Morgan fingerprint density at radius 1 is 0.905 bits per heavy atom. The van der Waals surface area contributed by atoms with Gasteiger partial charge in [-0.2, -0.15) is 0 Å². The molecule has 1 unspecified atom stereocenters. The molecule has 0 heterocycles. The second kappa shape index (κ2) is 7.31. The Labute approximate surface area is 137 Å². The van der Waals surface area contributed by atoms with E-state index < -0.39 is 0 Å². The van der Waals surface area contributed by atoms with Crippen molar-refractivity contribution >= 4 is 23.2 Å². The number of benzene rings is 2. The average Bonchev–Trinajstić information content (AvgIpc) is 2.48. The molecule has 0 radical (unpaired) electrons.